The number of hydrogen-bond acceptors (Lipinski definition) is 5. The van der Waals surface area contributed by atoms with Crippen molar-refractivity contribution in [2.45, 2.75) is 0 Å². The molecule has 0 atom stereocenters. The molecule has 0 radical (unpaired) electrons. The van der Waals surface area contributed by atoms with Crippen molar-refractivity contribution in [1.82, 2.24) is 15.0 Å². The van der Waals surface area contributed by atoms with Crippen LogP contribution in [0.4, 0.5) is 5.95 Å². The third kappa shape index (κ3) is 1.65. The highest BCUT2D eigenvalue weighted by Crippen LogP contribution is 2.26. The number of amides is 1. The zero-order valence-electron chi connectivity index (χ0n) is 10.9. The molecule has 0 bridgehead atoms. The molecule has 2 aromatic heterocycles. The Kier molecular flexibility index (Phi) is 2.36. The lowest BCUT2D eigenvalue weighted by Crippen LogP contribution is -2.28. The van der Waals surface area contributed by atoms with Crippen molar-refractivity contribution >= 4 is 28.3 Å². The molecule has 1 aliphatic rings. The van der Waals surface area contributed by atoms with E-state index in [4.69, 9.17) is 10.6 Å². The largest absolute Gasteiger partial charge is 0.395 e. The second-order valence-electron chi connectivity index (χ2n) is 4.62. The molecule has 1 aliphatic heterocycles. The predicted octanol–water partition coefficient (Wildman–Crippen LogP) is 1.31. The summed E-state index contributed by atoms with van der Waals surface area (Å²) in [6, 6.07) is 9.29. The van der Waals surface area contributed by atoms with Gasteiger partial charge in [-0.15, -0.1) is 0 Å². The van der Waals surface area contributed by atoms with Crippen LogP contribution in [0.3, 0.4) is 0 Å². The van der Waals surface area contributed by atoms with E-state index in [1.54, 1.807) is 23.5 Å². The molecule has 1 aromatic carbocycles. The van der Waals surface area contributed by atoms with Crippen molar-refractivity contribution in [2.75, 3.05) is 5.01 Å². The van der Waals surface area contributed by atoms with Gasteiger partial charge in [-0.1, -0.05) is 23.8 Å². The SMILES string of the molecule is NC(=O)c1cc2cnc(N3C=CON3)n2c2ccccc12. The van der Waals surface area contributed by atoms with Crippen molar-refractivity contribution in [2.24, 2.45) is 5.73 Å². The van der Waals surface area contributed by atoms with E-state index >= 15 is 0 Å². The summed E-state index contributed by atoms with van der Waals surface area (Å²) < 4.78 is 1.92. The minimum atomic E-state index is -0.459. The number of imidazole rings is 1. The molecule has 0 saturated heterocycles. The third-order valence-corrected chi connectivity index (χ3v) is 3.41. The first-order chi connectivity index (χ1) is 10.3. The van der Waals surface area contributed by atoms with Crippen LogP contribution in [0.5, 0.6) is 0 Å². The van der Waals surface area contributed by atoms with Crippen LogP contribution in [0.15, 0.2) is 49.0 Å². The average molecular weight is 281 g/mol. The molecule has 0 spiro atoms. The lowest BCUT2D eigenvalue weighted by molar-refractivity contribution is 0.100. The average Bonchev–Trinajstić information content (AvgIpc) is 3.15. The molecule has 4 rings (SSSR count). The molecule has 0 saturated carbocycles. The fraction of sp³-hybridized carbons (Fsp3) is 0. The zero-order valence-corrected chi connectivity index (χ0v) is 10.9. The number of para-hydroxylation sites is 1. The normalized spacial score (nSPS) is 14.0. The fourth-order valence-corrected chi connectivity index (χ4v) is 2.52. The molecule has 3 N–H and O–H groups in total. The van der Waals surface area contributed by atoms with Crippen LogP contribution in [0.1, 0.15) is 10.4 Å². The summed E-state index contributed by atoms with van der Waals surface area (Å²) in [5.74, 6) is 0.171. The predicted molar refractivity (Wildman–Crippen MR) is 77.1 cm³/mol. The Bertz CT molecular complexity index is 899. The maximum absolute atomic E-state index is 11.7. The number of rotatable bonds is 2. The number of fused-ring (bicyclic) bond motifs is 3. The van der Waals surface area contributed by atoms with E-state index in [1.807, 2.05) is 28.7 Å². The van der Waals surface area contributed by atoms with Gasteiger partial charge < -0.3 is 10.6 Å². The van der Waals surface area contributed by atoms with E-state index in [1.165, 1.54) is 6.26 Å². The second-order valence-corrected chi connectivity index (χ2v) is 4.62. The number of nitrogens with one attached hydrogen (secondary N) is 1. The minimum Gasteiger partial charge on any atom is -0.395 e. The van der Waals surface area contributed by atoms with Gasteiger partial charge in [0.15, 0.2) is 0 Å². The Morgan fingerprint density at radius 3 is 2.95 bits per heavy atom. The number of benzene rings is 1. The van der Waals surface area contributed by atoms with Crippen LogP contribution in [0, 0.1) is 0 Å². The molecule has 0 fully saturated rings. The van der Waals surface area contributed by atoms with Crippen LogP contribution in [0.2, 0.25) is 0 Å². The van der Waals surface area contributed by atoms with Crippen molar-refractivity contribution < 1.29 is 9.63 Å². The van der Waals surface area contributed by atoms with E-state index in [2.05, 4.69) is 10.6 Å². The maximum atomic E-state index is 11.7. The van der Waals surface area contributed by atoms with Crippen molar-refractivity contribution in [3.8, 4) is 0 Å². The Morgan fingerprint density at radius 1 is 1.33 bits per heavy atom. The van der Waals surface area contributed by atoms with Gasteiger partial charge in [0.25, 0.3) is 0 Å². The number of carbonyl (C=O) groups excluding carboxylic acids is 1. The van der Waals surface area contributed by atoms with E-state index in [-0.39, 0.29) is 0 Å². The number of aromatic nitrogens is 2. The first-order valence-electron chi connectivity index (χ1n) is 6.32. The molecule has 104 valence electrons. The summed E-state index contributed by atoms with van der Waals surface area (Å²) >= 11 is 0. The Morgan fingerprint density at radius 2 is 2.19 bits per heavy atom. The number of primary amides is 1. The summed E-state index contributed by atoms with van der Waals surface area (Å²) in [5, 5.41) is 2.42. The van der Waals surface area contributed by atoms with Gasteiger partial charge in [0.05, 0.1) is 29.0 Å². The number of nitrogens with zero attached hydrogens (tertiary/aromatic N) is 3. The first kappa shape index (κ1) is 11.7. The third-order valence-electron chi connectivity index (χ3n) is 3.41. The van der Waals surface area contributed by atoms with E-state index in [0.29, 0.717) is 11.5 Å². The Labute approximate surface area is 119 Å². The smallest absolute Gasteiger partial charge is 0.249 e. The number of pyridine rings is 1. The highest BCUT2D eigenvalue weighted by Gasteiger charge is 2.18. The monoisotopic (exact) mass is 281 g/mol. The van der Waals surface area contributed by atoms with Gasteiger partial charge in [0.1, 0.15) is 6.26 Å². The summed E-state index contributed by atoms with van der Waals surface area (Å²) in [6.45, 7) is 0. The lowest BCUT2D eigenvalue weighted by Gasteiger charge is -2.14. The van der Waals surface area contributed by atoms with Gasteiger partial charge in [0.2, 0.25) is 11.9 Å². The fourth-order valence-electron chi connectivity index (χ4n) is 2.52. The van der Waals surface area contributed by atoms with Crippen LogP contribution < -0.4 is 16.3 Å². The van der Waals surface area contributed by atoms with Gasteiger partial charge in [-0.25, -0.2) is 9.99 Å². The highest BCUT2D eigenvalue weighted by molar-refractivity contribution is 6.07. The molecule has 7 nitrogen and oxygen atoms in total. The molecule has 3 aromatic rings. The number of carbonyl (C=O) groups is 1. The molecule has 0 aliphatic carbocycles. The summed E-state index contributed by atoms with van der Waals surface area (Å²) in [6.07, 6.45) is 4.91. The standard InChI is InChI=1S/C14H11N5O2/c15-13(20)11-7-9-8-16-14(18-5-6-21-17-18)19(9)12-4-2-1-3-10(11)12/h1-8,17H,(H2,15,20). The highest BCUT2D eigenvalue weighted by atomic mass is 16.7. The van der Waals surface area contributed by atoms with Crippen LogP contribution in [0.25, 0.3) is 16.4 Å². The second kappa shape index (κ2) is 4.22. The topological polar surface area (TPSA) is 84.9 Å². The van der Waals surface area contributed by atoms with E-state index in [0.717, 1.165) is 16.4 Å². The minimum absolute atomic E-state index is 0.459. The quantitative estimate of drug-likeness (QED) is 0.740. The van der Waals surface area contributed by atoms with Crippen molar-refractivity contribution in [3.05, 3.63) is 54.6 Å². The van der Waals surface area contributed by atoms with Crippen LogP contribution >= 0.6 is 0 Å². The molecule has 7 heteroatoms. The molecule has 21 heavy (non-hydrogen) atoms. The zero-order chi connectivity index (χ0) is 14.4. The van der Waals surface area contributed by atoms with Gasteiger partial charge in [-0.3, -0.25) is 9.20 Å². The molecule has 3 heterocycles. The Hall–Kier alpha value is -3.06. The van der Waals surface area contributed by atoms with Crippen molar-refractivity contribution in [1.29, 1.82) is 0 Å². The maximum Gasteiger partial charge on any atom is 0.249 e. The molecule has 1 amide bonds. The van der Waals surface area contributed by atoms with Gasteiger partial charge in [0, 0.05) is 5.39 Å². The van der Waals surface area contributed by atoms with Gasteiger partial charge in [-0.05, 0) is 12.1 Å². The first-order valence-corrected chi connectivity index (χ1v) is 6.32. The molecular formula is C14H11N5O2. The summed E-state index contributed by atoms with van der Waals surface area (Å²) in [5.41, 5.74) is 10.3. The van der Waals surface area contributed by atoms with Crippen LogP contribution in [-0.4, -0.2) is 15.3 Å². The molecule has 0 unspecified atom stereocenters. The van der Waals surface area contributed by atoms with Gasteiger partial charge >= 0.3 is 0 Å². The summed E-state index contributed by atoms with van der Waals surface area (Å²) in [4.78, 5) is 21.0. The number of hydrogen-bond donors (Lipinski definition) is 2. The number of anilines is 1. The lowest BCUT2D eigenvalue weighted by atomic mass is 10.1. The van der Waals surface area contributed by atoms with Gasteiger partial charge in [-0.2, -0.15) is 0 Å². The van der Waals surface area contributed by atoms with E-state index in [9.17, 15) is 4.79 Å². The van der Waals surface area contributed by atoms with Crippen molar-refractivity contribution in [3.63, 3.8) is 0 Å². The number of hydrazine groups is 1. The van der Waals surface area contributed by atoms with E-state index < -0.39 is 5.91 Å². The number of nitrogens with two attached hydrogens (primary N) is 1. The van der Waals surface area contributed by atoms with Crippen LogP contribution in [-0.2, 0) is 4.84 Å². The summed E-state index contributed by atoms with van der Waals surface area (Å²) in [7, 11) is 0. The Balaban J connectivity index is 2.11. The molecular weight excluding hydrogens is 270 g/mol.